The highest BCUT2D eigenvalue weighted by Gasteiger charge is 2.32. The van der Waals surface area contributed by atoms with Gasteiger partial charge in [-0.2, -0.15) is 0 Å². The predicted molar refractivity (Wildman–Crippen MR) is 85.8 cm³/mol. The molecule has 0 heterocycles. The first-order valence-electron chi connectivity index (χ1n) is 7.54. The van der Waals surface area contributed by atoms with E-state index >= 15 is 0 Å². The Kier molecular flexibility index (Phi) is 5.07. The monoisotopic (exact) mass is 291 g/mol. The highest BCUT2D eigenvalue weighted by atomic mass is 16.3. The van der Waals surface area contributed by atoms with Crippen molar-refractivity contribution in [3.05, 3.63) is 24.3 Å². The molecule has 0 aliphatic heterocycles. The molecule has 116 valence electrons. The number of nitrogens with zero attached hydrogens (tertiary/aromatic N) is 2. The van der Waals surface area contributed by atoms with Crippen LogP contribution in [-0.4, -0.2) is 48.3 Å². The van der Waals surface area contributed by atoms with Crippen molar-refractivity contribution in [2.75, 3.05) is 30.4 Å². The fourth-order valence-electron chi connectivity index (χ4n) is 2.24. The fraction of sp³-hybridized carbons (Fsp3) is 0.562. The summed E-state index contributed by atoms with van der Waals surface area (Å²) < 4.78 is 0. The predicted octanol–water partition coefficient (Wildman–Crippen LogP) is 2.52. The van der Waals surface area contributed by atoms with Crippen molar-refractivity contribution in [1.82, 2.24) is 4.90 Å². The van der Waals surface area contributed by atoms with Gasteiger partial charge in [-0.05, 0) is 44.9 Å². The minimum absolute atomic E-state index is 0.0000465. The van der Waals surface area contributed by atoms with E-state index in [0.29, 0.717) is 18.6 Å². The molecule has 0 saturated heterocycles. The van der Waals surface area contributed by atoms with Crippen LogP contribution in [0.3, 0.4) is 0 Å². The van der Waals surface area contributed by atoms with Crippen molar-refractivity contribution < 1.29 is 9.90 Å². The Balaban J connectivity index is 2.04. The van der Waals surface area contributed by atoms with Crippen LogP contribution in [0, 0.1) is 0 Å². The van der Waals surface area contributed by atoms with Gasteiger partial charge in [0.15, 0.2) is 0 Å². The number of carbonyl (C=O) groups excluding carboxylic acids is 1. The Hall–Kier alpha value is -1.75. The Labute approximate surface area is 126 Å². The quantitative estimate of drug-likeness (QED) is 0.847. The number of nitrogens with one attached hydrogen (secondary N) is 1. The molecule has 0 atom stereocenters. The normalized spacial score (nSPS) is 14.1. The molecule has 0 radical (unpaired) electrons. The van der Waals surface area contributed by atoms with Crippen molar-refractivity contribution in [3.8, 4) is 0 Å². The Bertz CT molecular complexity index is 486. The van der Waals surface area contributed by atoms with E-state index in [4.69, 9.17) is 5.11 Å². The first-order chi connectivity index (χ1) is 10.0. The summed E-state index contributed by atoms with van der Waals surface area (Å²) in [6.45, 7) is 4.64. The maximum absolute atomic E-state index is 12.3. The molecule has 1 aromatic rings. The third-order valence-corrected chi connectivity index (χ3v) is 3.87. The van der Waals surface area contributed by atoms with Crippen LogP contribution in [0.5, 0.6) is 0 Å². The second-order valence-corrected chi connectivity index (χ2v) is 5.83. The molecule has 0 bridgehead atoms. The van der Waals surface area contributed by atoms with Crippen LogP contribution >= 0.6 is 0 Å². The van der Waals surface area contributed by atoms with E-state index in [9.17, 15) is 4.79 Å². The molecule has 0 aromatic heterocycles. The zero-order chi connectivity index (χ0) is 15.4. The van der Waals surface area contributed by atoms with Gasteiger partial charge in [-0.25, -0.2) is 4.79 Å². The van der Waals surface area contributed by atoms with Gasteiger partial charge in [-0.15, -0.1) is 0 Å². The lowest BCUT2D eigenvalue weighted by molar-refractivity contribution is 0.185. The number of hydrogen-bond acceptors (Lipinski definition) is 3. The van der Waals surface area contributed by atoms with Gasteiger partial charge in [0, 0.05) is 37.1 Å². The van der Waals surface area contributed by atoms with E-state index in [-0.39, 0.29) is 12.6 Å². The summed E-state index contributed by atoms with van der Waals surface area (Å²) in [6, 6.07) is 8.39. The molecule has 5 nitrogen and oxygen atoms in total. The van der Waals surface area contributed by atoms with E-state index in [1.54, 1.807) is 4.90 Å². The van der Waals surface area contributed by atoms with E-state index in [0.717, 1.165) is 24.2 Å². The number of urea groups is 1. The summed E-state index contributed by atoms with van der Waals surface area (Å²) >= 11 is 0. The number of benzene rings is 1. The molecule has 1 fully saturated rings. The number of rotatable bonds is 6. The van der Waals surface area contributed by atoms with E-state index in [1.807, 2.05) is 31.3 Å². The molecular weight excluding hydrogens is 266 g/mol. The summed E-state index contributed by atoms with van der Waals surface area (Å²) in [5.74, 6) is 0. The molecular formula is C16H25N3O2. The third kappa shape index (κ3) is 4.11. The zero-order valence-electron chi connectivity index (χ0n) is 13.0. The molecule has 0 spiro atoms. The molecule has 2 rings (SSSR count). The second-order valence-electron chi connectivity index (χ2n) is 5.83. The summed E-state index contributed by atoms with van der Waals surface area (Å²) in [6.07, 6.45) is 2.06. The van der Waals surface area contributed by atoms with Crippen LogP contribution in [0.1, 0.15) is 26.7 Å². The lowest BCUT2D eigenvalue weighted by Gasteiger charge is -2.25. The van der Waals surface area contributed by atoms with Gasteiger partial charge >= 0.3 is 6.03 Å². The topological polar surface area (TPSA) is 55.8 Å². The van der Waals surface area contributed by atoms with Crippen molar-refractivity contribution >= 4 is 17.4 Å². The summed E-state index contributed by atoms with van der Waals surface area (Å²) in [5.41, 5.74) is 1.86. The average molecular weight is 291 g/mol. The van der Waals surface area contributed by atoms with Crippen molar-refractivity contribution in [3.63, 3.8) is 0 Å². The van der Waals surface area contributed by atoms with E-state index in [2.05, 4.69) is 24.1 Å². The van der Waals surface area contributed by atoms with Gasteiger partial charge in [0.2, 0.25) is 0 Å². The SMILES string of the molecule is CC(C)N(C)c1cccc(NC(=O)N(CCO)C2CC2)c1. The number of aliphatic hydroxyl groups excluding tert-OH is 1. The average Bonchev–Trinajstić information content (AvgIpc) is 3.28. The molecule has 5 heteroatoms. The van der Waals surface area contributed by atoms with Gasteiger partial charge in [-0.1, -0.05) is 6.07 Å². The molecule has 1 aliphatic carbocycles. The Morgan fingerprint density at radius 1 is 1.43 bits per heavy atom. The smallest absolute Gasteiger partial charge is 0.322 e. The second kappa shape index (κ2) is 6.80. The number of hydrogen-bond donors (Lipinski definition) is 2. The Morgan fingerprint density at radius 3 is 2.71 bits per heavy atom. The highest BCUT2D eigenvalue weighted by molar-refractivity contribution is 5.90. The molecule has 1 saturated carbocycles. The molecule has 0 unspecified atom stereocenters. The number of carbonyl (C=O) groups is 1. The summed E-state index contributed by atoms with van der Waals surface area (Å²) in [7, 11) is 2.04. The summed E-state index contributed by atoms with van der Waals surface area (Å²) in [4.78, 5) is 16.2. The number of anilines is 2. The van der Waals surface area contributed by atoms with Crippen molar-refractivity contribution in [1.29, 1.82) is 0 Å². The minimum Gasteiger partial charge on any atom is -0.395 e. The first-order valence-corrected chi connectivity index (χ1v) is 7.54. The van der Waals surface area contributed by atoms with Crippen LogP contribution in [0.25, 0.3) is 0 Å². The standard InChI is InChI=1S/C16H25N3O2/c1-12(2)18(3)15-6-4-5-13(11-15)17-16(21)19(9-10-20)14-7-8-14/h4-6,11-12,14,20H,7-10H2,1-3H3,(H,17,21). The van der Waals surface area contributed by atoms with Gasteiger partial charge in [0.1, 0.15) is 0 Å². The van der Waals surface area contributed by atoms with Gasteiger partial charge in [-0.3, -0.25) is 0 Å². The minimum atomic E-state index is -0.129. The van der Waals surface area contributed by atoms with Crippen LogP contribution in [0.4, 0.5) is 16.2 Å². The summed E-state index contributed by atoms with van der Waals surface area (Å²) in [5, 5.41) is 12.0. The maximum Gasteiger partial charge on any atom is 0.322 e. The lowest BCUT2D eigenvalue weighted by atomic mass is 10.2. The molecule has 21 heavy (non-hydrogen) atoms. The van der Waals surface area contributed by atoms with Crippen LogP contribution in [-0.2, 0) is 0 Å². The number of aliphatic hydroxyl groups is 1. The Morgan fingerprint density at radius 2 is 2.14 bits per heavy atom. The first kappa shape index (κ1) is 15.6. The van der Waals surface area contributed by atoms with Crippen molar-refractivity contribution in [2.45, 2.75) is 38.8 Å². The van der Waals surface area contributed by atoms with Gasteiger partial charge in [0.05, 0.1) is 6.61 Å². The van der Waals surface area contributed by atoms with Crippen LogP contribution in [0.15, 0.2) is 24.3 Å². The fourth-order valence-corrected chi connectivity index (χ4v) is 2.24. The molecule has 2 amide bonds. The third-order valence-electron chi connectivity index (χ3n) is 3.87. The highest BCUT2D eigenvalue weighted by Crippen LogP contribution is 2.27. The van der Waals surface area contributed by atoms with Crippen LogP contribution in [0.2, 0.25) is 0 Å². The number of amides is 2. The maximum atomic E-state index is 12.3. The molecule has 1 aliphatic rings. The zero-order valence-corrected chi connectivity index (χ0v) is 13.0. The largest absolute Gasteiger partial charge is 0.395 e. The van der Waals surface area contributed by atoms with Gasteiger partial charge < -0.3 is 20.2 Å². The molecule has 2 N–H and O–H groups in total. The van der Waals surface area contributed by atoms with E-state index in [1.165, 1.54) is 0 Å². The lowest BCUT2D eigenvalue weighted by Crippen LogP contribution is -2.38. The van der Waals surface area contributed by atoms with Gasteiger partial charge in [0.25, 0.3) is 0 Å². The molecule has 1 aromatic carbocycles. The van der Waals surface area contributed by atoms with E-state index < -0.39 is 0 Å². The van der Waals surface area contributed by atoms with Crippen molar-refractivity contribution in [2.24, 2.45) is 0 Å². The van der Waals surface area contributed by atoms with Crippen LogP contribution < -0.4 is 10.2 Å².